The molecule has 0 radical (unpaired) electrons. The summed E-state index contributed by atoms with van der Waals surface area (Å²) >= 11 is 12.1. The maximum Gasteiger partial charge on any atom is 0.0722 e. The molecule has 0 fully saturated rings. The van der Waals surface area contributed by atoms with E-state index in [0.29, 0.717) is 27.2 Å². The minimum atomic E-state index is -0.784. The van der Waals surface area contributed by atoms with Crippen LogP contribution in [0.5, 0.6) is 0 Å². The number of nitrogens with two attached hydrogens (primary N) is 1. The van der Waals surface area contributed by atoms with Crippen LogP contribution in [0.2, 0.25) is 10.0 Å². The van der Waals surface area contributed by atoms with Crippen LogP contribution in [0.1, 0.15) is 13.3 Å². The highest BCUT2D eigenvalue weighted by Gasteiger charge is 2.10. The first kappa shape index (κ1) is 14.6. The van der Waals surface area contributed by atoms with E-state index in [4.69, 9.17) is 28.9 Å². The zero-order chi connectivity index (χ0) is 13.0. The van der Waals surface area contributed by atoms with Crippen LogP contribution in [-0.4, -0.2) is 22.3 Å². The maximum absolute atomic E-state index is 11.0. The average Bonchev–Trinajstić information content (AvgIpc) is 2.20. The van der Waals surface area contributed by atoms with Crippen LogP contribution in [0.3, 0.4) is 0 Å². The molecule has 0 aliphatic heterocycles. The van der Waals surface area contributed by atoms with Crippen LogP contribution in [0, 0.1) is 0 Å². The molecule has 0 heterocycles. The molecule has 3 nitrogen and oxygen atoms in total. The minimum Gasteiger partial charge on any atom is -0.399 e. The molecule has 2 atom stereocenters. The summed E-state index contributed by atoms with van der Waals surface area (Å²) < 4.78 is 11.0. The maximum atomic E-state index is 11.0. The Kier molecular flexibility index (Phi) is 5.56. The van der Waals surface area contributed by atoms with Crippen molar-refractivity contribution in [2.75, 3.05) is 23.1 Å². The van der Waals surface area contributed by atoms with Gasteiger partial charge in [-0.25, -0.2) is 0 Å². The van der Waals surface area contributed by atoms with Gasteiger partial charge in [-0.1, -0.05) is 23.2 Å². The van der Waals surface area contributed by atoms with Crippen LogP contribution in [0.25, 0.3) is 0 Å². The van der Waals surface area contributed by atoms with Gasteiger partial charge in [-0.3, -0.25) is 4.21 Å². The molecule has 1 aromatic rings. The fourth-order valence-electron chi connectivity index (χ4n) is 1.39. The van der Waals surface area contributed by atoms with Gasteiger partial charge in [-0.05, 0) is 25.5 Å². The van der Waals surface area contributed by atoms with Crippen molar-refractivity contribution in [2.24, 2.45) is 0 Å². The Labute approximate surface area is 114 Å². The first-order valence-corrected chi connectivity index (χ1v) is 7.69. The predicted molar refractivity (Wildman–Crippen MR) is 77.5 cm³/mol. The Morgan fingerprint density at radius 1 is 1.41 bits per heavy atom. The van der Waals surface area contributed by atoms with E-state index >= 15 is 0 Å². The average molecular weight is 295 g/mol. The lowest BCUT2D eigenvalue weighted by atomic mass is 10.2. The fraction of sp³-hybridized carbons (Fsp3) is 0.455. The molecule has 1 rings (SSSR count). The van der Waals surface area contributed by atoms with E-state index in [1.807, 2.05) is 6.92 Å². The van der Waals surface area contributed by atoms with Gasteiger partial charge in [-0.2, -0.15) is 0 Å². The molecule has 17 heavy (non-hydrogen) atoms. The summed E-state index contributed by atoms with van der Waals surface area (Å²) in [5.74, 6) is 0.651. The van der Waals surface area contributed by atoms with Gasteiger partial charge < -0.3 is 11.1 Å². The van der Waals surface area contributed by atoms with Gasteiger partial charge in [0.15, 0.2) is 0 Å². The number of hydrogen-bond donors (Lipinski definition) is 2. The lowest BCUT2D eigenvalue weighted by molar-refractivity contribution is 0.678. The van der Waals surface area contributed by atoms with E-state index < -0.39 is 10.8 Å². The van der Waals surface area contributed by atoms with E-state index in [1.54, 1.807) is 18.4 Å². The van der Waals surface area contributed by atoms with Crippen molar-refractivity contribution in [2.45, 2.75) is 19.4 Å². The van der Waals surface area contributed by atoms with E-state index in [1.165, 1.54) is 0 Å². The van der Waals surface area contributed by atoms with Gasteiger partial charge in [0.05, 0.1) is 15.7 Å². The third kappa shape index (κ3) is 4.74. The van der Waals surface area contributed by atoms with Gasteiger partial charge in [0, 0.05) is 34.5 Å². The number of hydrogen-bond acceptors (Lipinski definition) is 3. The zero-order valence-electron chi connectivity index (χ0n) is 9.80. The van der Waals surface area contributed by atoms with E-state index in [-0.39, 0.29) is 6.04 Å². The SMILES string of the molecule is CC(CCS(C)=O)Nc1c(Cl)cc(N)cc1Cl. The highest BCUT2D eigenvalue weighted by atomic mass is 35.5. The van der Waals surface area contributed by atoms with Crippen molar-refractivity contribution in [3.8, 4) is 0 Å². The molecule has 0 amide bonds. The van der Waals surface area contributed by atoms with Crippen molar-refractivity contribution in [3.63, 3.8) is 0 Å². The first-order chi connectivity index (χ1) is 7.90. The molecule has 0 aliphatic carbocycles. The Morgan fingerprint density at radius 2 is 1.94 bits per heavy atom. The Bertz CT molecular complexity index is 403. The Balaban J connectivity index is 2.71. The number of nitrogens with one attached hydrogen (secondary N) is 1. The van der Waals surface area contributed by atoms with Crippen LogP contribution in [-0.2, 0) is 10.8 Å². The van der Waals surface area contributed by atoms with E-state index in [9.17, 15) is 4.21 Å². The second-order valence-electron chi connectivity index (χ2n) is 3.97. The standard InChI is InChI=1S/C11H16Cl2N2OS/c1-7(3-4-17(2)16)15-11-9(12)5-8(14)6-10(11)13/h5-7,15H,3-4,14H2,1-2H3. The molecule has 6 heteroatoms. The smallest absolute Gasteiger partial charge is 0.0722 e. The molecule has 1 aromatic carbocycles. The molecule has 2 unspecified atom stereocenters. The van der Waals surface area contributed by atoms with Gasteiger partial charge in [-0.15, -0.1) is 0 Å². The summed E-state index contributed by atoms with van der Waals surface area (Å²) in [6, 6.07) is 3.46. The van der Waals surface area contributed by atoms with Gasteiger partial charge in [0.25, 0.3) is 0 Å². The number of anilines is 2. The predicted octanol–water partition coefficient (Wildman–Crippen LogP) is 3.14. The molecule has 0 bridgehead atoms. The number of rotatable bonds is 5. The van der Waals surface area contributed by atoms with E-state index in [2.05, 4.69) is 5.32 Å². The lowest BCUT2D eigenvalue weighted by Gasteiger charge is -2.17. The second-order valence-corrected chi connectivity index (χ2v) is 6.34. The van der Waals surface area contributed by atoms with Crippen molar-refractivity contribution >= 4 is 45.4 Å². The highest BCUT2D eigenvalue weighted by Crippen LogP contribution is 2.33. The van der Waals surface area contributed by atoms with Gasteiger partial charge in [0.2, 0.25) is 0 Å². The van der Waals surface area contributed by atoms with Gasteiger partial charge >= 0.3 is 0 Å². The summed E-state index contributed by atoms with van der Waals surface area (Å²) in [6.45, 7) is 2.00. The van der Waals surface area contributed by atoms with Crippen molar-refractivity contribution in [3.05, 3.63) is 22.2 Å². The largest absolute Gasteiger partial charge is 0.399 e. The number of nitrogen functional groups attached to an aromatic ring is 1. The molecule has 0 spiro atoms. The number of halogens is 2. The molecular formula is C11H16Cl2N2OS. The monoisotopic (exact) mass is 294 g/mol. The summed E-state index contributed by atoms with van der Waals surface area (Å²) in [6.07, 6.45) is 2.48. The van der Waals surface area contributed by atoms with Crippen LogP contribution in [0.15, 0.2) is 12.1 Å². The Hall–Kier alpha value is -0.450. The fourth-order valence-corrected chi connectivity index (χ4v) is 2.69. The van der Waals surface area contributed by atoms with Crippen LogP contribution >= 0.6 is 23.2 Å². The Morgan fingerprint density at radius 3 is 2.41 bits per heavy atom. The quantitative estimate of drug-likeness (QED) is 0.820. The van der Waals surface area contributed by atoms with E-state index in [0.717, 1.165) is 6.42 Å². The number of benzene rings is 1. The molecule has 0 saturated heterocycles. The van der Waals surface area contributed by atoms with Crippen LogP contribution in [0.4, 0.5) is 11.4 Å². The highest BCUT2D eigenvalue weighted by molar-refractivity contribution is 7.84. The minimum absolute atomic E-state index is 0.150. The van der Waals surface area contributed by atoms with Crippen molar-refractivity contribution < 1.29 is 4.21 Å². The topological polar surface area (TPSA) is 55.1 Å². The van der Waals surface area contributed by atoms with Crippen LogP contribution < -0.4 is 11.1 Å². The molecule has 96 valence electrons. The summed E-state index contributed by atoms with van der Waals surface area (Å²) in [7, 11) is -0.784. The van der Waals surface area contributed by atoms with Gasteiger partial charge in [0.1, 0.15) is 0 Å². The first-order valence-electron chi connectivity index (χ1n) is 5.21. The lowest BCUT2D eigenvalue weighted by Crippen LogP contribution is -2.18. The molecule has 0 saturated carbocycles. The molecule has 3 N–H and O–H groups in total. The zero-order valence-corrected chi connectivity index (χ0v) is 12.1. The van der Waals surface area contributed by atoms with Crippen molar-refractivity contribution in [1.82, 2.24) is 0 Å². The van der Waals surface area contributed by atoms with Crippen molar-refractivity contribution in [1.29, 1.82) is 0 Å². The molecule has 0 aromatic heterocycles. The summed E-state index contributed by atoms with van der Waals surface area (Å²) in [5.41, 5.74) is 6.83. The second kappa shape index (κ2) is 6.47. The normalized spacial score (nSPS) is 14.4. The summed E-state index contributed by atoms with van der Waals surface area (Å²) in [4.78, 5) is 0. The third-order valence-corrected chi connectivity index (χ3v) is 3.70. The molecular weight excluding hydrogens is 279 g/mol. The third-order valence-electron chi connectivity index (χ3n) is 2.29. The molecule has 0 aliphatic rings. The summed E-state index contributed by atoms with van der Waals surface area (Å²) in [5, 5.41) is 4.21.